The van der Waals surface area contributed by atoms with Gasteiger partial charge in [0.15, 0.2) is 0 Å². The van der Waals surface area contributed by atoms with E-state index in [9.17, 15) is 9.59 Å². The highest BCUT2D eigenvalue weighted by molar-refractivity contribution is 7.17. The number of carbonyl (C=O) groups is 2. The molecule has 1 aliphatic rings. The molecule has 2 aromatic rings. The topological polar surface area (TPSA) is 53.5 Å². The Balaban J connectivity index is 1.77. The third-order valence-corrected chi connectivity index (χ3v) is 5.87. The number of hydrogen-bond acceptors (Lipinski definition) is 5. The summed E-state index contributed by atoms with van der Waals surface area (Å²) in [7, 11) is 0. The first-order valence-electron chi connectivity index (χ1n) is 7.61. The van der Waals surface area contributed by atoms with E-state index in [0.717, 1.165) is 29.2 Å². The third-order valence-electron chi connectivity index (χ3n) is 3.99. The minimum absolute atomic E-state index is 0.0341. The molecule has 1 fully saturated rings. The monoisotopic (exact) mass is 349 g/mol. The molecule has 0 spiro atoms. The van der Waals surface area contributed by atoms with Crippen LogP contribution in [0.3, 0.4) is 0 Å². The Morgan fingerprint density at radius 1 is 1.17 bits per heavy atom. The summed E-state index contributed by atoms with van der Waals surface area (Å²) in [5, 5.41) is 4.95. The van der Waals surface area contributed by atoms with E-state index < -0.39 is 0 Å². The summed E-state index contributed by atoms with van der Waals surface area (Å²) in [4.78, 5) is 33.2. The van der Waals surface area contributed by atoms with Gasteiger partial charge in [0.1, 0.15) is 9.88 Å². The van der Waals surface area contributed by atoms with Crippen LogP contribution in [0.4, 0.5) is 0 Å². The molecule has 7 heteroatoms. The van der Waals surface area contributed by atoms with Crippen molar-refractivity contribution >= 4 is 34.5 Å². The molecule has 0 radical (unpaired) electrons. The van der Waals surface area contributed by atoms with Crippen LogP contribution in [0.5, 0.6) is 0 Å². The highest BCUT2D eigenvalue weighted by Gasteiger charge is 2.25. The van der Waals surface area contributed by atoms with Crippen LogP contribution in [-0.4, -0.2) is 52.8 Å². The number of carbonyl (C=O) groups excluding carboxylic acids is 2. The molecular formula is C16H19N3O2S2. The number of amides is 2. The zero-order chi connectivity index (χ0) is 16.4. The molecule has 1 saturated heterocycles. The van der Waals surface area contributed by atoms with Crippen molar-refractivity contribution in [2.75, 3.05) is 26.2 Å². The van der Waals surface area contributed by atoms with Crippen molar-refractivity contribution in [1.29, 1.82) is 0 Å². The zero-order valence-electron chi connectivity index (χ0n) is 13.2. The minimum atomic E-state index is 0.0341. The lowest BCUT2D eigenvalue weighted by Gasteiger charge is -2.20. The summed E-state index contributed by atoms with van der Waals surface area (Å²) >= 11 is 3.08. The second-order valence-electron chi connectivity index (χ2n) is 5.60. The van der Waals surface area contributed by atoms with Crippen LogP contribution >= 0.6 is 22.7 Å². The maximum atomic E-state index is 12.8. The van der Waals surface area contributed by atoms with Crippen molar-refractivity contribution in [2.24, 2.45) is 0 Å². The summed E-state index contributed by atoms with van der Waals surface area (Å²) < 4.78 is 0. The fraction of sp³-hybridized carbons (Fsp3) is 0.438. The first-order chi connectivity index (χ1) is 11.1. The van der Waals surface area contributed by atoms with Gasteiger partial charge in [-0.15, -0.1) is 11.3 Å². The van der Waals surface area contributed by atoms with Crippen LogP contribution in [-0.2, 0) is 4.79 Å². The standard InChI is InChI=1S/C16H19N3O2S2/c1-11-14(23-15(17-11)13-4-9-22-10-13)16(21)19-6-3-5-18(7-8-19)12(2)20/h4,9-10H,3,5-8H2,1-2H3. The SMILES string of the molecule is CC(=O)N1CCCN(C(=O)c2sc(-c3ccsc3)nc2C)CC1. The predicted molar refractivity (Wildman–Crippen MR) is 92.9 cm³/mol. The third kappa shape index (κ3) is 3.45. The molecule has 122 valence electrons. The van der Waals surface area contributed by atoms with Crippen molar-refractivity contribution in [2.45, 2.75) is 20.3 Å². The molecular weight excluding hydrogens is 330 g/mol. The molecule has 2 amide bonds. The Labute approximate surface area is 143 Å². The van der Waals surface area contributed by atoms with Gasteiger partial charge in [-0.05, 0) is 24.8 Å². The second kappa shape index (κ2) is 6.80. The van der Waals surface area contributed by atoms with Crippen LogP contribution in [0.2, 0.25) is 0 Å². The van der Waals surface area contributed by atoms with Crippen molar-refractivity contribution in [1.82, 2.24) is 14.8 Å². The smallest absolute Gasteiger partial charge is 0.265 e. The maximum Gasteiger partial charge on any atom is 0.265 e. The Bertz CT molecular complexity index is 709. The summed E-state index contributed by atoms with van der Waals surface area (Å²) in [5.74, 6) is 0.111. The largest absolute Gasteiger partial charge is 0.341 e. The first-order valence-corrected chi connectivity index (χ1v) is 9.37. The molecule has 3 heterocycles. The number of aromatic nitrogens is 1. The Morgan fingerprint density at radius 2 is 1.91 bits per heavy atom. The highest BCUT2D eigenvalue weighted by atomic mass is 32.1. The van der Waals surface area contributed by atoms with Gasteiger partial charge in [0.25, 0.3) is 5.91 Å². The van der Waals surface area contributed by atoms with Crippen LogP contribution in [0.1, 0.15) is 28.7 Å². The molecule has 0 aromatic carbocycles. The van der Waals surface area contributed by atoms with Crippen LogP contribution in [0, 0.1) is 6.92 Å². The van der Waals surface area contributed by atoms with Gasteiger partial charge in [-0.1, -0.05) is 0 Å². The molecule has 0 saturated carbocycles. The summed E-state index contributed by atoms with van der Waals surface area (Å²) in [6.45, 7) is 6.08. The number of nitrogens with zero attached hydrogens (tertiary/aromatic N) is 3. The molecule has 0 aliphatic carbocycles. The van der Waals surface area contributed by atoms with E-state index >= 15 is 0 Å². The lowest BCUT2D eigenvalue weighted by molar-refractivity contribution is -0.128. The molecule has 2 aromatic heterocycles. The Kier molecular flexibility index (Phi) is 4.77. The zero-order valence-corrected chi connectivity index (χ0v) is 14.9. The molecule has 0 bridgehead atoms. The lowest BCUT2D eigenvalue weighted by atomic mass is 10.3. The average molecular weight is 349 g/mol. The van der Waals surface area contributed by atoms with E-state index in [-0.39, 0.29) is 11.8 Å². The van der Waals surface area contributed by atoms with E-state index in [0.29, 0.717) is 24.5 Å². The number of aryl methyl sites for hydroxylation is 1. The average Bonchev–Trinajstić information content (AvgIpc) is 3.10. The number of thiazole rings is 1. The fourth-order valence-electron chi connectivity index (χ4n) is 2.68. The van der Waals surface area contributed by atoms with E-state index in [1.54, 1.807) is 18.3 Å². The normalized spacial score (nSPS) is 15.6. The number of rotatable bonds is 2. The van der Waals surface area contributed by atoms with Crippen LogP contribution in [0.25, 0.3) is 10.6 Å². The van der Waals surface area contributed by atoms with E-state index in [1.165, 1.54) is 11.3 Å². The molecule has 0 unspecified atom stereocenters. The van der Waals surface area contributed by atoms with Gasteiger partial charge < -0.3 is 9.80 Å². The van der Waals surface area contributed by atoms with E-state index in [1.807, 2.05) is 33.6 Å². The highest BCUT2D eigenvalue weighted by Crippen LogP contribution is 2.30. The molecule has 1 aliphatic heterocycles. The molecule has 5 nitrogen and oxygen atoms in total. The summed E-state index contributed by atoms with van der Waals surface area (Å²) in [6.07, 6.45) is 0.820. The van der Waals surface area contributed by atoms with Gasteiger partial charge in [0.2, 0.25) is 5.91 Å². The molecule has 0 N–H and O–H groups in total. The van der Waals surface area contributed by atoms with Crippen LogP contribution < -0.4 is 0 Å². The molecule has 3 rings (SSSR count). The summed E-state index contributed by atoms with van der Waals surface area (Å²) in [5.41, 5.74) is 1.86. The van der Waals surface area contributed by atoms with Gasteiger partial charge >= 0.3 is 0 Å². The Morgan fingerprint density at radius 3 is 2.61 bits per heavy atom. The van der Waals surface area contributed by atoms with Crippen molar-refractivity contribution < 1.29 is 9.59 Å². The fourth-order valence-corrected chi connectivity index (χ4v) is 4.43. The predicted octanol–water partition coefficient (Wildman–Crippen LogP) is 2.87. The van der Waals surface area contributed by atoms with Gasteiger partial charge in [-0.25, -0.2) is 4.98 Å². The first kappa shape index (κ1) is 16.1. The van der Waals surface area contributed by atoms with Gasteiger partial charge in [0, 0.05) is 44.0 Å². The van der Waals surface area contributed by atoms with Crippen LogP contribution in [0.15, 0.2) is 16.8 Å². The van der Waals surface area contributed by atoms with Gasteiger partial charge in [-0.2, -0.15) is 11.3 Å². The van der Waals surface area contributed by atoms with E-state index in [2.05, 4.69) is 4.98 Å². The van der Waals surface area contributed by atoms with Crippen molar-refractivity contribution in [3.63, 3.8) is 0 Å². The molecule has 23 heavy (non-hydrogen) atoms. The van der Waals surface area contributed by atoms with Gasteiger partial charge in [0.05, 0.1) is 5.69 Å². The molecule has 0 atom stereocenters. The number of hydrogen-bond donors (Lipinski definition) is 0. The Hall–Kier alpha value is -1.73. The minimum Gasteiger partial charge on any atom is -0.341 e. The lowest BCUT2D eigenvalue weighted by Crippen LogP contribution is -2.36. The maximum absolute atomic E-state index is 12.8. The van der Waals surface area contributed by atoms with Gasteiger partial charge in [-0.3, -0.25) is 9.59 Å². The van der Waals surface area contributed by atoms with E-state index in [4.69, 9.17) is 0 Å². The number of thiophene rings is 1. The second-order valence-corrected chi connectivity index (χ2v) is 7.38. The van der Waals surface area contributed by atoms with Crippen molar-refractivity contribution in [3.05, 3.63) is 27.4 Å². The quantitative estimate of drug-likeness (QED) is 0.838. The van der Waals surface area contributed by atoms with Crippen molar-refractivity contribution in [3.8, 4) is 10.6 Å². The summed E-state index contributed by atoms with van der Waals surface area (Å²) in [6, 6.07) is 2.02.